The number of unbranched alkanes of at least 4 members (excludes halogenated alkanes) is 3. The van der Waals surface area contributed by atoms with E-state index in [2.05, 4.69) is 0 Å². The highest BCUT2D eigenvalue weighted by Gasteiger charge is 2.32. The van der Waals surface area contributed by atoms with Gasteiger partial charge < -0.3 is 15.7 Å². The Bertz CT molecular complexity index is 978. The number of carboxylic acids is 1. The van der Waals surface area contributed by atoms with Gasteiger partial charge in [0.25, 0.3) is 11.8 Å². The van der Waals surface area contributed by atoms with Gasteiger partial charge in [0.05, 0.1) is 17.7 Å². The maximum absolute atomic E-state index is 13.3. The molecule has 0 saturated carbocycles. The molecule has 0 fully saturated rings. The fourth-order valence-electron chi connectivity index (χ4n) is 3.83. The van der Waals surface area contributed by atoms with Gasteiger partial charge in [-0.15, -0.1) is 0 Å². The molecule has 2 aromatic carbocycles. The Labute approximate surface area is 192 Å². The third-order valence-electron chi connectivity index (χ3n) is 5.49. The first kappa shape index (κ1) is 23.8. The Kier molecular flexibility index (Phi) is 8.25. The van der Waals surface area contributed by atoms with Crippen LogP contribution in [0, 0.1) is 0 Å². The van der Waals surface area contributed by atoms with Crippen molar-refractivity contribution in [3.8, 4) is 0 Å². The van der Waals surface area contributed by atoms with Crippen molar-refractivity contribution >= 4 is 40.8 Å². The summed E-state index contributed by atoms with van der Waals surface area (Å²) in [6, 6.07) is 12.4. The van der Waals surface area contributed by atoms with E-state index in [0.717, 1.165) is 37.7 Å². The van der Waals surface area contributed by atoms with E-state index >= 15 is 0 Å². The third kappa shape index (κ3) is 5.87. The van der Waals surface area contributed by atoms with Crippen molar-refractivity contribution in [2.45, 2.75) is 38.5 Å². The Morgan fingerprint density at radius 3 is 2.44 bits per heavy atom. The van der Waals surface area contributed by atoms with E-state index < -0.39 is 5.97 Å². The van der Waals surface area contributed by atoms with Crippen LogP contribution in [-0.4, -0.2) is 47.4 Å². The van der Waals surface area contributed by atoms with Crippen LogP contribution in [0.3, 0.4) is 0 Å². The number of anilines is 2. The van der Waals surface area contributed by atoms with Crippen LogP contribution < -0.4 is 10.6 Å². The summed E-state index contributed by atoms with van der Waals surface area (Å²) in [5, 5.41) is 9.61. The second-order valence-corrected chi connectivity index (χ2v) is 8.32. The number of rotatable bonds is 10. The number of amides is 2. The molecule has 0 unspecified atom stereocenters. The molecule has 3 rings (SSSR count). The maximum Gasteiger partial charge on any atom is 0.305 e. The van der Waals surface area contributed by atoms with E-state index in [-0.39, 0.29) is 31.3 Å². The fourth-order valence-corrected chi connectivity index (χ4v) is 3.95. The molecule has 0 atom stereocenters. The number of nitrogens with two attached hydrogens (primary N) is 1. The smallest absolute Gasteiger partial charge is 0.305 e. The summed E-state index contributed by atoms with van der Waals surface area (Å²) in [7, 11) is 0. The van der Waals surface area contributed by atoms with Crippen LogP contribution in [0.5, 0.6) is 0 Å². The molecule has 1 heterocycles. The topological polar surface area (TPSA) is 104 Å². The van der Waals surface area contributed by atoms with Gasteiger partial charge in [-0.3, -0.25) is 19.3 Å². The van der Waals surface area contributed by atoms with Gasteiger partial charge in [-0.05, 0) is 67.8 Å². The summed E-state index contributed by atoms with van der Waals surface area (Å²) in [6.07, 6.45) is 4.70. The molecule has 2 aromatic rings. The fraction of sp³-hybridized carbons (Fsp3) is 0.375. The van der Waals surface area contributed by atoms with Gasteiger partial charge in [-0.1, -0.05) is 30.5 Å². The van der Waals surface area contributed by atoms with Crippen molar-refractivity contribution in [3.63, 3.8) is 0 Å². The van der Waals surface area contributed by atoms with Crippen molar-refractivity contribution in [1.82, 2.24) is 4.90 Å². The molecule has 170 valence electrons. The van der Waals surface area contributed by atoms with E-state index in [1.165, 1.54) is 9.80 Å². The molecule has 1 aliphatic rings. The van der Waals surface area contributed by atoms with Crippen LogP contribution in [0.15, 0.2) is 42.5 Å². The predicted octanol–water partition coefficient (Wildman–Crippen LogP) is 4.00. The highest BCUT2D eigenvalue weighted by molar-refractivity contribution is 6.30. The lowest BCUT2D eigenvalue weighted by atomic mass is 10.0. The second-order valence-electron chi connectivity index (χ2n) is 7.88. The minimum absolute atomic E-state index is 0.0306. The Hall–Kier alpha value is -2.90. The van der Waals surface area contributed by atoms with Gasteiger partial charge in [0, 0.05) is 17.3 Å². The van der Waals surface area contributed by atoms with E-state index in [1.54, 1.807) is 30.3 Å². The number of hydrogen-bond acceptors (Lipinski definition) is 4. The lowest BCUT2D eigenvalue weighted by Gasteiger charge is -2.23. The van der Waals surface area contributed by atoms with Crippen molar-refractivity contribution in [2.24, 2.45) is 5.73 Å². The molecule has 8 heteroatoms. The quantitative estimate of drug-likeness (QED) is 0.525. The molecule has 0 radical (unpaired) electrons. The summed E-state index contributed by atoms with van der Waals surface area (Å²) in [6.45, 7) is 0.461. The Morgan fingerprint density at radius 1 is 1.03 bits per heavy atom. The first-order valence-corrected chi connectivity index (χ1v) is 11.2. The number of aryl methyl sites for hydroxylation is 1. The molecular weight excluding hydrogens is 430 g/mol. The van der Waals surface area contributed by atoms with Crippen LogP contribution in [0.25, 0.3) is 0 Å². The molecule has 7 nitrogen and oxygen atoms in total. The molecule has 0 spiro atoms. The lowest BCUT2D eigenvalue weighted by molar-refractivity contribution is -0.137. The third-order valence-corrected chi connectivity index (χ3v) is 5.75. The van der Waals surface area contributed by atoms with Gasteiger partial charge >= 0.3 is 5.97 Å². The first-order chi connectivity index (χ1) is 15.4. The number of carbonyl (C=O) groups excluding carboxylic acids is 2. The Balaban J connectivity index is 1.94. The highest BCUT2D eigenvalue weighted by Crippen LogP contribution is 2.34. The van der Waals surface area contributed by atoms with Gasteiger partial charge in [-0.25, -0.2) is 0 Å². The summed E-state index contributed by atoms with van der Waals surface area (Å²) < 4.78 is 0. The minimum Gasteiger partial charge on any atom is -0.481 e. The molecule has 0 aliphatic carbocycles. The summed E-state index contributed by atoms with van der Waals surface area (Å²) in [5.41, 5.74) is 8.05. The molecule has 0 bridgehead atoms. The second kappa shape index (κ2) is 11.1. The molecule has 32 heavy (non-hydrogen) atoms. The number of hydrogen-bond donors (Lipinski definition) is 2. The van der Waals surface area contributed by atoms with Gasteiger partial charge in [0.15, 0.2) is 0 Å². The maximum atomic E-state index is 13.3. The molecule has 3 N–H and O–H groups in total. The molecule has 1 aliphatic heterocycles. The van der Waals surface area contributed by atoms with Gasteiger partial charge in [0.2, 0.25) is 0 Å². The number of carboxylic acid groups (broad SMARTS) is 1. The number of aliphatic carboxylic acids is 1. The predicted molar refractivity (Wildman–Crippen MR) is 124 cm³/mol. The van der Waals surface area contributed by atoms with Crippen LogP contribution >= 0.6 is 11.6 Å². The Morgan fingerprint density at radius 2 is 1.75 bits per heavy atom. The standard InChI is InChI=1S/C24H28ClN3O4/c25-18-7-9-19(10-8-18)28-21-11-6-17(5-3-1-2-4-13-26)15-20(21)24(32)27(16-22(28)29)14-12-23(30)31/h6-11,15H,1-5,12-14,16,26H2,(H,30,31). The number of benzene rings is 2. The van der Waals surface area contributed by atoms with Crippen LogP contribution in [-0.2, 0) is 16.0 Å². The highest BCUT2D eigenvalue weighted by atomic mass is 35.5. The zero-order valence-corrected chi connectivity index (χ0v) is 18.7. The average molecular weight is 458 g/mol. The van der Waals surface area contributed by atoms with Crippen LogP contribution in [0.1, 0.15) is 48.0 Å². The first-order valence-electron chi connectivity index (χ1n) is 10.8. The molecule has 0 aromatic heterocycles. The van der Waals surface area contributed by atoms with Crippen molar-refractivity contribution < 1.29 is 19.5 Å². The number of fused-ring (bicyclic) bond motifs is 1. The zero-order valence-electron chi connectivity index (χ0n) is 17.9. The van der Waals surface area contributed by atoms with E-state index in [0.29, 0.717) is 28.5 Å². The van der Waals surface area contributed by atoms with Crippen molar-refractivity contribution in [1.29, 1.82) is 0 Å². The zero-order chi connectivity index (χ0) is 23.1. The van der Waals surface area contributed by atoms with E-state index in [1.807, 2.05) is 12.1 Å². The average Bonchev–Trinajstić information content (AvgIpc) is 2.87. The van der Waals surface area contributed by atoms with E-state index in [9.17, 15) is 14.4 Å². The largest absolute Gasteiger partial charge is 0.481 e. The molecular formula is C24H28ClN3O4. The van der Waals surface area contributed by atoms with Crippen molar-refractivity contribution in [3.05, 3.63) is 58.6 Å². The number of nitrogens with zero attached hydrogens (tertiary/aromatic N) is 2. The van der Waals surface area contributed by atoms with Crippen molar-refractivity contribution in [2.75, 3.05) is 24.5 Å². The minimum atomic E-state index is -1.02. The summed E-state index contributed by atoms with van der Waals surface area (Å²) in [4.78, 5) is 40.4. The van der Waals surface area contributed by atoms with Crippen LogP contribution in [0.2, 0.25) is 5.02 Å². The summed E-state index contributed by atoms with van der Waals surface area (Å²) >= 11 is 6.01. The SMILES string of the molecule is NCCCCCCc1ccc2c(c1)C(=O)N(CCC(=O)O)CC(=O)N2c1ccc(Cl)cc1. The molecule has 0 saturated heterocycles. The number of carbonyl (C=O) groups is 3. The van der Waals surface area contributed by atoms with Crippen LogP contribution in [0.4, 0.5) is 11.4 Å². The monoisotopic (exact) mass is 457 g/mol. The normalized spacial score (nSPS) is 13.8. The summed E-state index contributed by atoms with van der Waals surface area (Å²) in [5.74, 6) is -1.66. The van der Waals surface area contributed by atoms with E-state index in [4.69, 9.17) is 22.4 Å². The van der Waals surface area contributed by atoms with Gasteiger partial charge in [0.1, 0.15) is 6.54 Å². The van der Waals surface area contributed by atoms with Gasteiger partial charge in [-0.2, -0.15) is 0 Å². The number of halogens is 1. The molecule has 2 amide bonds. The lowest BCUT2D eigenvalue weighted by Crippen LogP contribution is -2.38.